The van der Waals surface area contributed by atoms with Crippen molar-refractivity contribution < 1.29 is 4.79 Å². The number of pyridine rings is 2. The van der Waals surface area contributed by atoms with Crippen LogP contribution in [0.2, 0.25) is 0 Å². The summed E-state index contributed by atoms with van der Waals surface area (Å²) in [5, 5.41) is 15.5. The molecule has 4 aromatic heterocycles. The molecule has 0 aliphatic rings. The maximum Gasteiger partial charge on any atom is 0.269 e. The number of rotatable bonds is 5. The van der Waals surface area contributed by atoms with Crippen molar-refractivity contribution in [3.8, 4) is 28.5 Å². The van der Waals surface area contributed by atoms with Gasteiger partial charge in [-0.1, -0.05) is 31.2 Å². The van der Waals surface area contributed by atoms with Gasteiger partial charge < -0.3 is 11.5 Å². The Bertz CT molecular complexity index is 1600. The van der Waals surface area contributed by atoms with E-state index < -0.39 is 5.91 Å². The Kier molecular flexibility index (Phi) is 5.86. The number of carbonyl (C=O) groups is 1. The van der Waals surface area contributed by atoms with E-state index in [1.54, 1.807) is 12.4 Å². The van der Waals surface area contributed by atoms with Crippen molar-refractivity contribution in [3.63, 3.8) is 0 Å². The summed E-state index contributed by atoms with van der Waals surface area (Å²) < 4.78 is 0. The summed E-state index contributed by atoms with van der Waals surface area (Å²) in [5.74, 6) is -0.296. The third kappa shape index (κ3) is 4.07. The number of hydrogen-bond acceptors (Lipinski definition) is 9. The number of nitrogens with zero attached hydrogens (tertiary/aromatic N) is 4. The van der Waals surface area contributed by atoms with Gasteiger partial charge in [0.05, 0.1) is 11.4 Å². The smallest absolute Gasteiger partial charge is 0.269 e. The topological polar surface area (TPSA) is 144 Å². The minimum Gasteiger partial charge on any atom is -0.397 e. The maximum absolute atomic E-state index is 13.2. The Labute approximate surface area is 208 Å². The molecule has 0 radical (unpaired) electrons. The number of amides is 1. The van der Waals surface area contributed by atoms with Crippen molar-refractivity contribution in [1.29, 1.82) is 5.26 Å². The second-order valence-electron chi connectivity index (χ2n) is 7.66. The number of hydrogen-bond donors (Lipinski definition) is 3. The highest BCUT2D eigenvalue weighted by molar-refractivity contribution is 7.21. The van der Waals surface area contributed by atoms with Crippen LogP contribution in [0.4, 0.5) is 16.6 Å². The van der Waals surface area contributed by atoms with Gasteiger partial charge in [0.2, 0.25) is 0 Å². The average Bonchev–Trinajstić information content (AvgIpc) is 3.48. The number of nitrogens with one attached hydrogen (secondary N) is 1. The van der Waals surface area contributed by atoms with Crippen molar-refractivity contribution in [2.75, 3.05) is 16.8 Å². The third-order valence-electron chi connectivity index (χ3n) is 5.57. The largest absolute Gasteiger partial charge is 0.397 e. The molecule has 1 aromatic carbocycles. The van der Waals surface area contributed by atoms with E-state index in [4.69, 9.17) is 11.5 Å². The lowest BCUT2D eigenvalue weighted by Gasteiger charge is -2.10. The van der Waals surface area contributed by atoms with Gasteiger partial charge in [0, 0.05) is 34.3 Å². The zero-order valence-electron chi connectivity index (χ0n) is 18.6. The van der Waals surface area contributed by atoms with E-state index in [1.807, 2.05) is 41.8 Å². The minimum atomic E-state index is -0.398. The maximum atomic E-state index is 13.2. The molecule has 0 aliphatic carbocycles. The number of benzene rings is 1. The first-order chi connectivity index (χ1) is 17.0. The van der Waals surface area contributed by atoms with E-state index in [0.717, 1.165) is 34.6 Å². The lowest BCUT2D eigenvalue weighted by Crippen LogP contribution is -2.11. The molecule has 0 bridgehead atoms. The van der Waals surface area contributed by atoms with Gasteiger partial charge in [-0.15, -0.1) is 22.7 Å². The van der Waals surface area contributed by atoms with E-state index in [9.17, 15) is 10.1 Å². The quantitative estimate of drug-likeness (QED) is 0.297. The Hall–Kier alpha value is -4.33. The Balaban J connectivity index is 1.56. The van der Waals surface area contributed by atoms with Gasteiger partial charge in [-0.25, -0.2) is 9.97 Å². The molecule has 1 amide bonds. The Morgan fingerprint density at radius 2 is 1.83 bits per heavy atom. The van der Waals surface area contributed by atoms with Gasteiger partial charge in [-0.3, -0.25) is 15.1 Å². The molecule has 0 aliphatic heterocycles. The molecular formula is C25H19N7OS2. The number of thiazole rings is 1. The molecule has 0 spiro atoms. The van der Waals surface area contributed by atoms with Crippen molar-refractivity contribution in [3.05, 3.63) is 70.2 Å². The highest BCUT2D eigenvalue weighted by Gasteiger charge is 2.24. The highest BCUT2D eigenvalue weighted by atomic mass is 32.1. The molecule has 8 nitrogen and oxygen atoms in total. The van der Waals surface area contributed by atoms with E-state index in [1.165, 1.54) is 16.9 Å². The molecular weight excluding hydrogens is 478 g/mol. The number of carbonyl (C=O) groups excluding carboxylic acids is 1. The summed E-state index contributed by atoms with van der Waals surface area (Å²) in [6.45, 7) is 2.07. The van der Waals surface area contributed by atoms with Gasteiger partial charge in [-0.2, -0.15) is 5.26 Å². The van der Waals surface area contributed by atoms with Crippen molar-refractivity contribution in [2.45, 2.75) is 13.3 Å². The molecule has 172 valence electrons. The minimum absolute atomic E-state index is 0.102. The molecule has 4 heterocycles. The summed E-state index contributed by atoms with van der Waals surface area (Å²) in [5.41, 5.74) is 17.3. The molecule has 0 fully saturated rings. The van der Waals surface area contributed by atoms with Gasteiger partial charge >= 0.3 is 0 Å². The molecule has 5 rings (SSSR count). The molecule has 10 heteroatoms. The third-order valence-corrected chi connectivity index (χ3v) is 7.43. The van der Waals surface area contributed by atoms with Crippen LogP contribution in [0, 0.1) is 11.3 Å². The zero-order valence-corrected chi connectivity index (χ0v) is 20.2. The van der Waals surface area contributed by atoms with E-state index in [0.29, 0.717) is 20.9 Å². The van der Waals surface area contributed by atoms with E-state index >= 15 is 0 Å². The number of nitrogens with two attached hydrogens (primary N) is 2. The van der Waals surface area contributed by atoms with Crippen LogP contribution in [0.15, 0.2) is 54.2 Å². The number of aromatic nitrogens is 3. The van der Waals surface area contributed by atoms with Gasteiger partial charge in [0.1, 0.15) is 27.2 Å². The van der Waals surface area contributed by atoms with Crippen LogP contribution in [0.5, 0.6) is 0 Å². The van der Waals surface area contributed by atoms with E-state index in [2.05, 4.69) is 33.3 Å². The zero-order chi connectivity index (χ0) is 24.5. The molecule has 35 heavy (non-hydrogen) atoms. The molecule has 5 N–H and O–H groups in total. The van der Waals surface area contributed by atoms with Crippen LogP contribution in [-0.4, -0.2) is 20.9 Å². The van der Waals surface area contributed by atoms with Gasteiger partial charge in [0.25, 0.3) is 5.91 Å². The second-order valence-corrected chi connectivity index (χ2v) is 9.52. The fourth-order valence-electron chi connectivity index (χ4n) is 3.79. The van der Waals surface area contributed by atoms with Crippen LogP contribution in [0.1, 0.15) is 27.7 Å². The fraction of sp³-hybridized carbons (Fsp3) is 0.0800. The van der Waals surface area contributed by atoms with Crippen LogP contribution in [0.3, 0.4) is 0 Å². The lowest BCUT2D eigenvalue weighted by molar-refractivity contribution is 0.103. The van der Waals surface area contributed by atoms with Crippen molar-refractivity contribution in [2.24, 2.45) is 0 Å². The lowest BCUT2D eigenvalue weighted by atomic mass is 9.96. The molecule has 5 aromatic rings. The summed E-state index contributed by atoms with van der Waals surface area (Å²) in [7, 11) is 0. The SMILES string of the molecule is CCc1ccc(-c2c(C#N)c(N)nc3sc(C(=O)Nc4nc(-c5ccncc5)cs4)c(N)c23)cc1. The first kappa shape index (κ1) is 22.5. The van der Waals surface area contributed by atoms with E-state index in [-0.39, 0.29) is 21.9 Å². The number of nitriles is 1. The van der Waals surface area contributed by atoms with Crippen LogP contribution < -0.4 is 16.8 Å². The summed E-state index contributed by atoms with van der Waals surface area (Å²) in [4.78, 5) is 26.8. The average molecular weight is 498 g/mol. The normalized spacial score (nSPS) is 10.9. The van der Waals surface area contributed by atoms with Crippen LogP contribution in [-0.2, 0) is 6.42 Å². The van der Waals surface area contributed by atoms with Gasteiger partial charge in [0.15, 0.2) is 5.13 Å². The predicted octanol–water partition coefficient (Wildman–Crippen LogP) is 5.33. The molecule has 0 unspecified atom stereocenters. The highest BCUT2D eigenvalue weighted by Crippen LogP contribution is 2.43. The number of nitrogen functional groups attached to an aromatic ring is 2. The summed E-state index contributed by atoms with van der Waals surface area (Å²) in [6, 6.07) is 13.7. The monoisotopic (exact) mass is 497 g/mol. The standard InChI is InChI=1S/C25H19N7OS2/c1-2-13-3-5-15(6-4-13)18-16(11-26)22(28)31-24-19(18)20(27)21(35-24)23(33)32-25-30-17(12-34-25)14-7-9-29-10-8-14/h3-10,12H,2,27H2,1H3,(H2,28,31)(H,30,32,33). The number of fused-ring (bicyclic) bond motifs is 1. The Morgan fingerprint density at radius 3 is 2.51 bits per heavy atom. The fourth-order valence-corrected chi connectivity index (χ4v) is 5.51. The first-order valence-electron chi connectivity index (χ1n) is 10.7. The van der Waals surface area contributed by atoms with Crippen molar-refractivity contribution in [1.82, 2.24) is 15.0 Å². The first-order valence-corrected chi connectivity index (χ1v) is 12.4. The second kappa shape index (κ2) is 9.13. The Morgan fingerprint density at radius 1 is 1.09 bits per heavy atom. The molecule has 0 saturated heterocycles. The molecule has 0 saturated carbocycles. The summed E-state index contributed by atoms with van der Waals surface area (Å²) >= 11 is 2.45. The molecule has 0 atom stereocenters. The van der Waals surface area contributed by atoms with Crippen LogP contribution in [0.25, 0.3) is 32.6 Å². The predicted molar refractivity (Wildman–Crippen MR) is 141 cm³/mol. The van der Waals surface area contributed by atoms with Crippen LogP contribution >= 0.6 is 22.7 Å². The summed E-state index contributed by atoms with van der Waals surface area (Å²) in [6.07, 6.45) is 4.27. The number of anilines is 3. The number of aryl methyl sites for hydroxylation is 1. The van der Waals surface area contributed by atoms with Gasteiger partial charge in [-0.05, 0) is 29.7 Å². The number of thiophene rings is 1. The van der Waals surface area contributed by atoms with Crippen molar-refractivity contribution >= 4 is 55.4 Å².